The smallest absolute Gasteiger partial charge is 0.259 e. The number of ketones is 1. The minimum absolute atomic E-state index is 0.0350. The number of benzene rings is 2. The summed E-state index contributed by atoms with van der Waals surface area (Å²) in [5.74, 6) is 0.278. The number of carbonyl (C=O) groups is 2. The number of nitrogens with zero attached hydrogens (tertiary/aromatic N) is 1. The van der Waals surface area contributed by atoms with E-state index in [0.29, 0.717) is 16.3 Å². The van der Waals surface area contributed by atoms with Gasteiger partial charge in [-0.2, -0.15) is 0 Å². The van der Waals surface area contributed by atoms with Gasteiger partial charge in [-0.25, -0.2) is 0 Å². The zero-order valence-electron chi connectivity index (χ0n) is 13.5. The van der Waals surface area contributed by atoms with E-state index in [0.717, 1.165) is 5.56 Å². The van der Waals surface area contributed by atoms with Crippen LogP contribution in [-0.2, 0) is 4.79 Å². The van der Waals surface area contributed by atoms with Crippen molar-refractivity contribution in [1.29, 1.82) is 0 Å². The van der Waals surface area contributed by atoms with Crippen LogP contribution >= 0.6 is 11.6 Å². The first-order valence-corrected chi connectivity index (χ1v) is 7.75. The summed E-state index contributed by atoms with van der Waals surface area (Å²) in [6.45, 7) is -0.0350. The highest BCUT2D eigenvalue weighted by atomic mass is 35.5. The van der Waals surface area contributed by atoms with Crippen molar-refractivity contribution in [1.82, 2.24) is 4.90 Å². The van der Waals surface area contributed by atoms with Gasteiger partial charge >= 0.3 is 0 Å². The molecule has 0 bridgehead atoms. The number of hydrogen-bond acceptors (Lipinski definition) is 3. The predicted octanol–water partition coefficient (Wildman–Crippen LogP) is 3.70. The average Bonchev–Trinajstić information content (AvgIpc) is 2.59. The Morgan fingerprint density at radius 3 is 2.38 bits per heavy atom. The molecule has 0 heterocycles. The zero-order chi connectivity index (χ0) is 17.5. The van der Waals surface area contributed by atoms with Crippen LogP contribution in [0.1, 0.15) is 15.9 Å². The predicted molar refractivity (Wildman–Crippen MR) is 95.4 cm³/mol. The van der Waals surface area contributed by atoms with Crippen LogP contribution in [0, 0.1) is 0 Å². The van der Waals surface area contributed by atoms with Crippen molar-refractivity contribution in [2.45, 2.75) is 0 Å². The molecule has 2 aromatic carbocycles. The summed E-state index contributed by atoms with van der Waals surface area (Å²) in [4.78, 5) is 25.1. The van der Waals surface area contributed by atoms with E-state index in [1.807, 2.05) is 18.2 Å². The highest BCUT2D eigenvalue weighted by molar-refractivity contribution is 6.32. The number of halogens is 1. The van der Waals surface area contributed by atoms with Crippen LogP contribution in [-0.4, -0.2) is 37.3 Å². The van der Waals surface area contributed by atoms with Gasteiger partial charge in [-0.1, -0.05) is 29.8 Å². The lowest BCUT2D eigenvalue weighted by Gasteiger charge is -2.11. The maximum atomic E-state index is 12.2. The topological polar surface area (TPSA) is 46.6 Å². The fourth-order valence-electron chi connectivity index (χ4n) is 1.86. The monoisotopic (exact) mass is 343 g/mol. The van der Waals surface area contributed by atoms with Gasteiger partial charge in [-0.15, -0.1) is 0 Å². The Balaban J connectivity index is 1.98. The third-order valence-corrected chi connectivity index (χ3v) is 3.66. The lowest BCUT2D eigenvalue weighted by molar-refractivity contribution is -0.130. The van der Waals surface area contributed by atoms with Gasteiger partial charge in [0.1, 0.15) is 5.75 Å². The van der Waals surface area contributed by atoms with E-state index >= 15 is 0 Å². The molecule has 124 valence electrons. The second-order valence-corrected chi connectivity index (χ2v) is 5.73. The van der Waals surface area contributed by atoms with Gasteiger partial charge in [0.15, 0.2) is 12.4 Å². The molecule has 0 saturated heterocycles. The van der Waals surface area contributed by atoms with E-state index in [1.165, 1.54) is 11.0 Å². The standard InChI is InChI=1S/C19H18ClNO3/c1-21(2)19(23)13-24-16-10-7-15(8-11-16)18(22)12-9-14-5-3-4-6-17(14)20/h3-12H,13H2,1-2H3/b12-9+. The van der Waals surface area contributed by atoms with Crippen LogP contribution in [0.4, 0.5) is 0 Å². The van der Waals surface area contributed by atoms with Gasteiger partial charge in [-0.05, 0) is 48.0 Å². The van der Waals surface area contributed by atoms with Gasteiger partial charge < -0.3 is 9.64 Å². The van der Waals surface area contributed by atoms with Crippen LogP contribution in [0.3, 0.4) is 0 Å². The quantitative estimate of drug-likeness (QED) is 0.593. The first kappa shape index (κ1) is 17.8. The van der Waals surface area contributed by atoms with Crippen molar-refractivity contribution >= 4 is 29.4 Å². The summed E-state index contributed by atoms with van der Waals surface area (Å²) in [5, 5.41) is 0.593. The molecule has 0 aliphatic heterocycles. The largest absolute Gasteiger partial charge is 0.484 e. The Morgan fingerprint density at radius 2 is 1.75 bits per heavy atom. The fraction of sp³-hybridized carbons (Fsp3) is 0.158. The summed E-state index contributed by atoms with van der Waals surface area (Å²) in [6, 6.07) is 14.0. The van der Waals surface area contributed by atoms with Gasteiger partial charge in [0.2, 0.25) is 0 Å². The lowest BCUT2D eigenvalue weighted by atomic mass is 10.1. The van der Waals surface area contributed by atoms with Crippen LogP contribution in [0.2, 0.25) is 5.02 Å². The molecule has 2 aromatic rings. The van der Waals surface area contributed by atoms with Gasteiger partial charge in [0, 0.05) is 24.7 Å². The molecule has 0 atom stereocenters. The molecule has 0 saturated carbocycles. The molecule has 0 aliphatic carbocycles. The van der Waals surface area contributed by atoms with Gasteiger partial charge in [0.05, 0.1) is 0 Å². The average molecular weight is 344 g/mol. The highest BCUT2D eigenvalue weighted by Crippen LogP contribution is 2.17. The number of ether oxygens (including phenoxy) is 1. The van der Waals surface area contributed by atoms with Crippen LogP contribution < -0.4 is 4.74 Å². The second kappa shape index (κ2) is 8.31. The summed E-state index contributed by atoms with van der Waals surface area (Å²) in [5.41, 5.74) is 1.32. The number of likely N-dealkylation sites (N-methyl/N-ethyl adjacent to an activating group) is 1. The third-order valence-electron chi connectivity index (χ3n) is 3.32. The molecule has 1 amide bonds. The molecule has 5 heteroatoms. The van der Waals surface area contributed by atoms with Crippen LogP contribution in [0.5, 0.6) is 5.75 Å². The van der Waals surface area contributed by atoms with Crippen molar-refractivity contribution < 1.29 is 14.3 Å². The van der Waals surface area contributed by atoms with Crippen LogP contribution in [0.25, 0.3) is 6.08 Å². The highest BCUT2D eigenvalue weighted by Gasteiger charge is 2.06. The summed E-state index contributed by atoms with van der Waals surface area (Å²) >= 11 is 6.05. The Morgan fingerprint density at radius 1 is 1.08 bits per heavy atom. The Labute approximate surface area is 146 Å². The Bertz CT molecular complexity index is 751. The number of amides is 1. The van der Waals surface area contributed by atoms with Crippen LogP contribution in [0.15, 0.2) is 54.6 Å². The molecule has 0 unspecified atom stereocenters. The molecular formula is C19H18ClNO3. The molecular weight excluding hydrogens is 326 g/mol. The first-order chi connectivity index (χ1) is 11.5. The number of hydrogen-bond donors (Lipinski definition) is 0. The summed E-state index contributed by atoms with van der Waals surface area (Å²) in [7, 11) is 3.33. The molecule has 0 radical (unpaired) electrons. The molecule has 0 spiro atoms. The van der Waals surface area contributed by atoms with Crippen molar-refractivity contribution in [3.05, 3.63) is 70.8 Å². The van der Waals surface area contributed by atoms with Crippen molar-refractivity contribution in [3.8, 4) is 5.75 Å². The molecule has 0 N–H and O–H groups in total. The normalized spacial score (nSPS) is 10.6. The number of carbonyl (C=O) groups excluding carboxylic acids is 2. The molecule has 0 fully saturated rings. The van der Waals surface area contributed by atoms with E-state index < -0.39 is 0 Å². The van der Waals surface area contributed by atoms with E-state index in [-0.39, 0.29) is 18.3 Å². The first-order valence-electron chi connectivity index (χ1n) is 7.37. The van der Waals surface area contributed by atoms with Crippen molar-refractivity contribution in [2.75, 3.05) is 20.7 Å². The molecule has 0 aromatic heterocycles. The van der Waals surface area contributed by atoms with Crippen molar-refractivity contribution in [2.24, 2.45) is 0 Å². The number of allylic oxidation sites excluding steroid dienone is 1. The van der Waals surface area contributed by atoms with Gasteiger partial charge in [0.25, 0.3) is 5.91 Å². The summed E-state index contributed by atoms with van der Waals surface area (Å²) in [6.07, 6.45) is 3.16. The summed E-state index contributed by atoms with van der Waals surface area (Å²) < 4.78 is 5.37. The Hall–Kier alpha value is -2.59. The van der Waals surface area contributed by atoms with E-state index in [1.54, 1.807) is 50.5 Å². The minimum Gasteiger partial charge on any atom is -0.484 e. The lowest BCUT2D eigenvalue weighted by Crippen LogP contribution is -2.27. The fourth-order valence-corrected chi connectivity index (χ4v) is 2.06. The maximum Gasteiger partial charge on any atom is 0.259 e. The van der Waals surface area contributed by atoms with E-state index in [9.17, 15) is 9.59 Å². The third kappa shape index (κ3) is 4.96. The Kier molecular flexibility index (Phi) is 6.15. The molecule has 24 heavy (non-hydrogen) atoms. The molecule has 4 nitrogen and oxygen atoms in total. The zero-order valence-corrected chi connectivity index (χ0v) is 14.3. The second-order valence-electron chi connectivity index (χ2n) is 5.32. The SMILES string of the molecule is CN(C)C(=O)COc1ccc(C(=O)/C=C/c2ccccc2Cl)cc1. The van der Waals surface area contributed by atoms with E-state index in [4.69, 9.17) is 16.3 Å². The number of rotatable bonds is 6. The van der Waals surface area contributed by atoms with Gasteiger partial charge in [-0.3, -0.25) is 9.59 Å². The van der Waals surface area contributed by atoms with Crippen molar-refractivity contribution in [3.63, 3.8) is 0 Å². The molecule has 2 rings (SSSR count). The minimum atomic E-state index is -0.133. The molecule has 0 aliphatic rings. The van der Waals surface area contributed by atoms with E-state index in [2.05, 4.69) is 0 Å². The maximum absolute atomic E-state index is 12.2.